The second-order valence-corrected chi connectivity index (χ2v) is 3.02. The molecule has 0 spiro atoms. The van der Waals surface area contributed by atoms with Gasteiger partial charge in [0.15, 0.2) is 0 Å². The first-order valence-corrected chi connectivity index (χ1v) is 3.85. The van der Waals surface area contributed by atoms with E-state index in [1.165, 1.54) is 24.0 Å². The number of aryl methyl sites for hydroxylation is 1. The van der Waals surface area contributed by atoms with E-state index in [-0.39, 0.29) is 32.7 Å². The normalized spacial score (nSPS) is 15.7. The van der Waals surface area contributed by atoms with E-state index in [1.807, 2.05) is 6.07 Å². The van der Waals surface area contributed by atoms with Gasteiger partial charge in [-0.05, 0) is 0 Å². The van der Waals surface area contributed by atoms with Gasteiger partial charge in [-0.3, -0.25) is 0 Å². The smallest absolute Gasteiger partial charge is 0 e. The zero-order valence-corrected chi connectivity index (χ0v) is 9.64. The van der Waals surface area contributed by atoms with Gasteiger partial charge in [0.25, 0.3) is 0 Å². The Morgan fingerprint density at radius 2 is 2.18 bits per heavy atom. The van der Waals surface area contributed by atoms with Crippen molar-refractivity contribution in [3.05, 3.63) is 35.4 Å². The Bertz CT molecular complexity index is 238. The van der Waals surface area contributed by atoms with E-state index in [2.05, 4.69) is 25.1 Å². The second-order valence-electron chi connectivity index (χ2n) is 3.02. The Morgan fingerprint density at radius 1 is 1.45 bits per heavy atom. The van der Waals surface area contributed by atoms with Crippen LogP contribution in [-0.4, -0.2) is 0 Å². The van der Waals surface area contributed by atoms with E-state index in [9.17, 15) is 0 Å². The van der Waals surface area contributed by atoms with E-state index >= 15 is 0 Å². The molecule has 1 radical (unpaired) electrons. The van der Waals surface area contributed by atoms with Gasteiger partial charge in [-0.1, -0.05) is 25.7 Å². The molecule has 0 aromatic heterocycles. The molecule has 0 unspecified atom stereocenters. The van der Waals surface area contributed by atoms with Gasteiger partial charge in [0, 0.05) is 32.7 Å². The van der Waals surface area contributed by atoms with Gasteiger partial charge in [-0.2, -0.15) is 29.8 Å². The van der Waals surface area contributed by atoms with E-state index < -0.39 is 0 Å². The summed E-state index contributed by atoms with van der Waals surface area (Å²) >= 11 is 0. The van der Waals surface area contributed by atoms with E-state index in [0.717, 1.165) is 5.92 Å². The molecule has 0 bridgehead atoms. The predicted octanol–water partition coefficient (Wildman–Crippen LogP) is 2.67. The first kappa shape index (κ1) is 9.41. The van der Waals surface area contributed by atoms with Gasteiger partial charge >= 0.3 is 0 Å². The largest absolute Gasteiger partial charge is 0.180 e. The van der Waals surface area contributed by atoms with Gasteiger partial charge in [0.1, 0.15) is 0 Å². The molecule has 55 valence electrons. The van der Waals surface area contributed by atoms with Gasteiger partial charge in [-0.25, -0.2) is 0 Å². The Kier molecular flexibility index (Phi) is 3.27. The minimum atomic E-state index is 0. The third-order valence-electron chi connectivity index (χ3n) is 2.12. The molecule has 1 aliphatic carbocycles. The van der Waals surface area contributed by atoms with Crippen molar-refractivity contribution in [3.63, 3.8) is 0 Å². The first-order chi connectivity index (χ1) is 4.88. The van der Waals surface area contributed by atoms with Crippen LogP contribution in [0.25, 0.3) is 0 Å². The van der Waals surface area contributed by atoms with Crippen LogP contribution >= 0.6 is 0 Å². The van der Waals surface area contributed by atoms with Crippen molar-refractivity contribution in [2.45, 2.75) is 25.7 Å². The molecule has 0 atom stereocenters. The number of benzene rings is 1. The Labute approximate surface area is 93.3 Å². The fraction of sp³-hybridized carbons (Fsp3) is 0.400. The summed E-state index contributed by atoms with van der Waals surface area (Å²) in [6.07, 6.45) is 2.78. The van der Waals surface area contributed by atoms with Crippen molar-refractivity contribution in [3.8, 4) is 0 Å². The Morgan fingerprint density at radius 3 is 2.73 bits per heavy atom. The van der Waals surface area contributed by atoms with Crippen LogP contribution in [0.2, 0.25) is 0 Å². The molecule has 1 heteroatoms. The molecule has 0 heterocycles. The van der Waals surface area contributed by atoms with Crippen molar-refractivity contribution >= 4 is 0 Å². The molecule has 1 aromatic rings. The van der Waals surface area contributed by atoms with Crippen LogP contribution in [0.1, 0.15) is 29.9 Å². The van der Waals surface area contributed by atoms with Gasteiger partial charge in [-0.15, -0.1) is 5.56 Å². The summed E-state index contributed by atoms with van der Waals surface area (Å²) in [5.41, 5.74) is 2.85. The third kappa shape index (κ3) is 2.13. The number of rotatable bonds is 1. The molecular weight excluding hydrogens is 209 g/mol. The molecule has 0 nitrogen and oxygen atoms in total. The summed E-state index contributed by atoms with van der Waals surface area (Å²) in [7, 11) is 0. The molecule has 1 fully saturated rings. The summed E-state index contributed by atoms with van der Waals surface area (Å²) in [6.45, 7) is 2.15. The quantitative estimate of drug-likeness (QED) is 0.638. The molecule has 0 N–H and O–H groups in total. The fourth-order valence-electron chi connectivity index (χ4n) is 1.37. The topological polar surface area (TPSA) is 0 Å². The summed E-state index contributed by atoms with van der Waals surface area (Å²) in [5, 5.41) is 0. The van der Waals surface area contributed by atoms with Crippen LogP contribution < -0.4 is 0 Å². The van der Waals surface area contributed by atoms with Crippen molar-refractivity contribution in [2.75, 3.05) is 0 Å². The minimum absolute atomic E-state index is 0. The maximum Gasteiger partial charge on any atom is 0 e. The van der Waals surface area contributed by atoms with E-state index in [4.69, 9.17) is 0 Å². The maximum atomic E-state index is 3.22. The van der Waals surface area contributed by atoms with Crippen molar-refractivity contribution in [1.29, 1.82) is 0 Å². The maximum absolute atomic E-state index is 3.22. The summed E-state index contributed by atoms with van der Waals surface area (Å²) in [6, 6.07) is 9.52. The average Bonchev–Trinajstić information content (AvgIpc) is 2.71. The Hall–Kier alpha value is 0.324. The Balaban J connectivity index is 0.000000605. The van der Waals surface area contributed by atoms with E-state index in [0.29, 0.717) is 0 Å². The zero-order valence-electron chi connectivity index (χ0n) is 6.80. The standard InChI is InChI=1S/C10H11.Y/c1-8-4-2-3-5-10(8)9-6-7-9;/h2-3,5,9H,6-7H2,1H3;/q-1;. The van der Waals surface area contributed by atoms with Crippen LogP contribution in [0.3, 0.4) is 0 Å². The van der Waals surface area contributed by atoms with Gasteiger partial charge < -0.3 is 0 Å². The van der Waals surface area contributed by atoms with Crippen molar-refractivity contribution in [2.24, 2.45) is 0 Å². The second kappa shape index (κ2) is 3.82. The van der Waals surface area contributed by atoms with Gasteiger partial charge in [0.2, 0.25) is 0 Å². The monoisotopic (exact) mass is 220 g/mol. The van der Waals surface area contributed by atoms with Gasteiger partial charge in [0.05, 0.1) is 0 Å². The summed E-state index contributed by atoms with van der Waals surface area (Å²) in [5.74, 6) is 0.873. The molecule has 0 aliphatic heterocycles. The average molecular weight is 220 g/mol. The third-order valence-corrected chi connectivity index (χ3v) is 2.12. The summed E-state index contributed by atoms with van der Waals surface area (Å²) in [4.78, 5) is 0. The van der Waals surface area contributed by atoms with Crippen LogP contribution in [0.15, 0.2) is 18.2 Å². The van der Waals surface area contributed by atoms with Crippen LogP contribution in [-0.2, 0) is 32.7 Å². The molecule has 0 amide bonds. The fourth-order valence-corrected chi connectivity index (χ4v) is 1.37. The van der Waals surface area contributed by atoms with Crippen molar-refractivity contribution < 1.29 is 32.7 Å². The molecule has 1 aromatic carbocycles. The number of hydrogen-bond donors (Lipinski definition) is 0. The summed E-state index contributed by atoms with van der Waals surface area (Å²) < 4.78 is 0. The van der Waals surface area contributed by atoms with Crippen LogP contribution in [0.4, 0.5) is 0 Å². The molecule has 11 heavy (non-hydrogen) atoms. The van der Waals surface area contributed by atoms with Crippen LogP contribution in [0.5, 0.6) is 0 Å². The minimum Gasteiger partial charge on any atom is -0.180 e. The zero-order chi connectivity index (χ0) is 6.97. The van der Waals surface area contributed by atoms with Crippen molar-refractivity contribution in [1.82, 2.24) is 0 Å². The molecular formula is C10H11Y-. The molecule has 1 saturated carbocycles. The SMILES string of the molecule is Cc1[c-]cccc1C1CC1.[Y]. The molecule has 1 aliphatic rings. The first-order valence-electron chi connectivity index (χ1n) is 3.85. The van der Waals surface area contributed by atoms with E-state index in [1.54, 1.807) is 0 Å². The molecule has 0 saturated heterocycles. The predicted molar refractivity (Wildman–Crippen MR) is 42.0 cm³/mol. The van der Waals surface area contributed by atoms with Crippen LogP contribution in [0, 0.1) is 13.0 Å². The number of hydrogen-bond acceptors (Lipinski definition) is 0. The molecule has 2 rings (SSSR count).